The third-order valence-electron chi connectivity index (χ3n) is 7.36. The number of hydrogen-bond acceptors (Lipinski definition) is 4. The van der Waals surface area contributed by atoms with E-state index in [9.17, 15) is 0 Å². The summed E-state index contributed by atoms with van der Waals surface area (Å²) in [6.07, 6.45) is 4.37. The number of ether oxygens (including phenoxy) is 2. The van der Waals surface area contributed by atoms with Crippen LogP contribution in [0.5, 0.6) is 11.5 Å². The van der Waals surface area contributed by atoms with Crippen LogP contribution in [0.2, 0.25) is 0 Å². The van der Waals surface area contributed by atoms with Crippen molar-refractivity contribution in [2.45, 2.75) is 33.4 Å². The molecule has 0 saturated carbocycles. The zero-order valence-electron chi connectivity index (χ0n) is 24.2. The van der Waals surface area contributed by atoms with Crippen molar-refractivity contribution in [3.8, 4) is 11.5 Å². The third kappa shape index (κ3) is 5.92. The van der Waals surface area contributed by atoms with E-state index in [2.05, 4.69) is 129 Å². The summed E-state index contributed by atoms with van der Waals surface area (Å²) in [6.45, 7) is 4.27. The first kappa shape index (κ1) is 28.0. The van der Waals surface area contributed by atoms with Gasteiger partial charge in [-0.15, -0.1) is 0 Å². The molecule has 0 bridgehead atoms. The highest BCUT2D eigenvalue weighted by atomic mass is 32.2. The predicted molar refractivity (Wildman–Crippen MR) is 179 cm³/mol. The Kier molecular flexibility index (Phi) is 8.27. The molecule has 2 nitrogen and oxygen atoms in total. The molecule has 0 amide bonds. The molecule has 42 heavy (non-hydrogen) atoms. The molecule has 1 heterocycles. The maximum atomic E-state index is 5.95. The van der Waals surface area contributed by atoms with Crippen molar-refractivity contribution in [3.63, 3.8) is 0 Å². The predicted octanol–water partition coefficient (Wildman–Crippen LogP) is 10.8. The van der Waals surface area contributed by atoms with Gasteiger partial charge >= 0.3 is 0 Å². The summed E-state index contributed by atoms with van der Waals surface area (Å²) in [4.78, 5) is 5.20. The molecular weight excluding hydrogens is 553 g/mol. The van der Waals surface area contributed by atoms with Crippen LogP contribution in [0.3, 0.4) is 0 Å². The first-order chi connectivity index (χ1) is 20.5. The normalized spacial score (nSPS) is 12.9. The van der Waals surface area contributed by atoms with Gasteiger partial charge in [-0.2, -0.15) is 0 Å². The van der Waals surface area contributed by atoms with Crippen molar-refractivity contribution in [2.75, 3.05) is 14.2 Å². The van der Waals surface area contributed by atoms with E-state index in [-0.39, 0.29) is 0 Å². The summed E-state index contributed by atoms with van der Waals surface area (Å²) in [6, 6.07) is 38.6. The van der Waals surface area contributed by atoms with Crippen LogP contribution in [0, 0.1) is 6.92 Å². The van der Waals surface area contributed by atoms with Crippen molar-refractivity contribution < 1.29 is 9.47 Å². The molecule has 0 atom stereocenters. The summed E-state index contributed by atoms with van der Waals surface area (Å²) < 4.78 is 11.8. The van der Waals surface area contributed by atoms with E-state index in [0.717, 1.165) is 44.9 Å². The number of benzene rings is 5. The van der Waals surface area contributed by atoms with Crippen LogP contribution < -0.4 is 9.47 Å². The molecule has 1 aliphatic rings. The summed E-state index contributed by atoms with van der Waals surface area (Å²) in [5.74, 6) is 1.59. The molecule has 0 fully saturated rings. The molecule has 0 spiro atoms. The molecular formula is C38H32O2S2. The van der Waals surface area contributed by atoms with Crippen molar-refractivity contribution in [1.29, 1.82) is 0 Å². The van der Waals surface area contributed by atoms with E-state index in [1.807, 2.05) is 29.6 Å². The van der Waals surface area contributed by atoms with E-state index in [0.29, 0.717) is 0 Å². The fourth-order valence-corrected chi connectivity index (χ4v) is 7.48. The van der Waals surface area contributed by atoms with Gasteiger partial charge < -0.3 is 9.47 Å². The fourth-order valence-electron chi connectivity index (χ4n) is 5.15. The van der Waals surface area contributed by atoms with Gasteiger partial charge in [0.1, 0.15) is 11.5 Å². The number of hydrogen-bond donors (Lipinski definition) is 0. The van der Waals surface area contributed by atoms with Crippen molar-refractivity contribution in [1.82, 2.24) is 0 Å². The summed E-state index contributed by atoms with van der Waals surface area (Å²) >= 11 is 3.69. The van der Waals surface area contributed by atoms with Crippen LogP contribution in [0.15, 0.2) is 129 Å². The molecule has 208 valence electrons. The summed E-state index contributed by atoms with van der Waals surface area (Å²) in [7, 11) is 3.45. The lowest BCUT2D eigenvalue weighted by atomic mass is 9.94. The molecule has 0 N–H and O–H groups in total. The minimum atomic E-state index is 0.795. The smallest absolute Gasteiger partial charge is 0.126 e. The Labute approximate surface area is 257 Å². The quantitative estimate of drug-likeness (QED) is 0.174. The highest BCUT2D eigenvalue weighted by Crippen LogP contribution is 2.49. The minimum Gasteiger partial charge on any atom is -0.496 e. The molecule has 4 heteroatoms. The second kappa shape index (κ2) is 12.4. The number of fused-ring (bicyclic) bond motifs is 2. The highest BCUT2D eigenvalue weighted by Gasteiger charge is 2.19. The molecule has 0 unspecified atom stereocenters. The van der Waals surface area contributed by atoms with Gasteiger partial charge in [0.2, 0.25) is 0 Å². The fraction of sp³-hybridized carbons (Fsp3) is 0.105. The third-order valence-corrected chi connectivity index (χ3v) is 9.89. The van der Waals surface area contributed by atoms with Gasteiger partial charge in [0.15, 0.2) is 0 Å². The standard InChI is InChI=1S/C38H32O2S2/c1-25-15-17-35-37(19-25)41-36-18-16-29(24-38(36)42-35)32(28-13-9-6-10-14-28)21-31-23-33(39-3)30(22-34(31)40-4)20-26(2)27-11-7-5-8-12-27/h5-24H,1-4H3/b26-20-,32-21+. The van der Waals surface area contributed by atoms with E-state index >= 15 is 0 Å². The number of rotatable bonds is 7. The van der Waals surface area contributed by atoms with Gasteiger partial charge in [0.05, 0.1) is 14.2 Å². The maximum absolute atomic E-state index is 5.95. The second-order valence-corrected chi connectivity index (χ2v) is 12.4. The number of methoxy groups -OCH3 is 2. The molecule has 5 aromatic carbocycles. The van der Waals surface area contributed by atoms with Crippen LogP contribution in [0.4, 0.5) is 0 Å². The Morgan fingerprint density at radius 1 is 0.548 bits per heavy atom. The van der Waals surface area contributed by atoms with Gasteiger partial charge in [-0.05, 0) is 95.8 Å². The van der Waals surface area contributed by atoms with Crippen LogP contribution in [-0.2, 0) is 0 Å². The average molecular weight is 585 g/mol. The summed E-state index contributed by atoms with van der Waals surface area (Å²) in [5.41, 5.74) is 8.99. The van der Waals surface area contributed by atoms with Gasteiger partial charge in [-0.3, -0.25) is 0 Å². The molecule has 5 aromatic rings. The largest absolute Gasteiger partial charge is 0.496 e. The second-order valence-electron chi connectivity index (χ2n) is 10.3. The Bertz CT molecular complexity index is 1800. The zero-order valence-corrected chi connectivity index (χ0v) is 25.8. The van der Waals surface area contributed by atoms with Gasteiger partial charge in [0, 0.05) is 30.7 Å². The Morgan fingerprint density at radius 2 is 1.10 bits per heavy atom. The average Bonchev–Trinajstić information content (AvgIpc) is 3.03. The molecule has 0 saturated heterocycles. The monoisotopic (exact) mass is 584 g/mol. The lowest BCUT2D eigenvalue weighted by molar-refractivity contribution is 0.401. The zero-order chi connectivity index (χ0) is 29.1. The first-order valence-electron chi connectivity index (χ1n) is 13.9. The Morgan fingerprint density at radius 3 is 1.71 bits per heavy atom. The molecule has 0 aromatic heterocycles. The highest BCUT2D eigenvalue weighted by molar-refractivity contribution is 8.05. The summed E-state index contributed by atoms with van der Waals surface area (Å²) in [5, 5.41) is 0. The van der Waals surface area contributed by atoms with E-state index in [1.165, 1.54) is 30.7 Å². The van der Waals surface area contributed by atoms with Crippen molar-refractivity contribution in [2.24, 2.45) is 0 Å². The lowest BCUT2D eigenvalue weighted by Gasteiger charge is -2.20. The van der Waals surface area contributed by atoms with E-state index in [4.69, 9.17) is 9.47 Å². The molecule has 1 aliphatic heterocycles. The molecule has 0 radical (unpaired) electrons. The van der Waals surface area contributed by atoms with Crippen LogP contribution in [0.25, 0.3) is 23.3 Å². The van der Waals surface area contributed by atoms with Crippen LogP contribution in [0.1, 0.15) is 40.3 Å². The van der Waals surface area contributed by atoms with Gasteiger partial charge in [0.25, 0.3) is 0 Å². The van der Waals surface area contributed by atoms with E-state index in [1.54, 1.807) is 14.2 Å². The lowest BCUT2D eigenvalue weighted by Crippen LogP contribution is -1.96. The number of allylic oxidation sites excluding steroid dienone is 1. The van der Waals surface area contributed by atoms with Crippen molar-refractivity contribution >= 4 is 46.8 Å². The number of aryl methyl sites for hydroxylation is 1. The van der Waals surface area contributed by atoms with E-state index < -0.39 is 0 Å². The maximum Gasteiger partial charge on any atom is 0.126 e. The van der Waals surface area contributed by atoms with Gasteiger partial charge in [-0.1, -0.05) is 96.3 Å². The first-order valence-corrected chi connectivity index (χ1v) is 15.5. The van der Waals surface area contributed by atoms with Crippen LogP contribution >= 0.6 is 23.5 Å². The SMILES string of the molecule is COc1cc(/C=C(\c2ccccc2)c2ccc3c(c2)Sc2ccc(C)cc2S3)c(OC)cc1/C=C(/C)c1ccccc1. The topological polar surface area (TPSA) is 18.5 Å². The minimum absolute atomic E-state index is 0.795. The van der Waals surface area contributed by atoms with Crippen molar-refractivity contribution in [3.05, 3.63) is 143 Å². The molecule has 0 aliphatic carbocycles. The Balaban J connectivity index is 1.44. The van der Waals surface area contributed by atoms with Crippen LogP contribution in [-0.4, -0.2) is 14.2 Å². The van der Waals surface area contributed by atoms with Gasteiger partial charge in [-0.25, -0.2) is 0 Å². The molecule has 6 rings (SSSR count). The Hall–Kier alpha value is -4.12.